The molecular formula is C44H27NS2. The fourth-order valence-electron chi connectivity index (χ4n) is 7.42. The van der Waals surface area contributed by atoms with E-state index in [1.54, 1.807) is 0 Å². The first-order valence-electron chi connectivity index (χ1n) is 15.9. The molecule has 0 saturated carbocycles. The van der Waals surface area contributed by atoms with Gasteiger partial charge in [0, 0.05) is 46.9 Å². The lowest BCUT2D eigenvalue weighted by Crippen LogP contribution is -1.93. The Morgan fingerprint density at radius 1 is 0.362 bits per heavy atom. The van der Waals surface area contributed by atoms with Crippen LogP contribution in [-0.2, 0) is 0 Å². The van der Waals surface area contributed by atoms with Crippen LogP contribution < -0.4 is 0 Å². The van der Waals surface area contributed by atoms with Crippen LogP contribution in [0.25, 0.3) is 90.4 Å². The minimum atomic E-state index is 1.19. The van der Waals surface area contributed by atoms with Gasteiger partial charge in [-0.1, -0.05) is 140 Å². The first kappa shape index (κ1) is 26.7. The topological polar surface area (TPSA) is 4.93 Å². The van der Waals surface area contributed by atoms with Gasteiger partial charge in [0.2, 0.25) is 0 Å². The van der Waals surface area contributed by atoms with Crippen LogP contribution in [0.1, 0.15) is 0 Å². The van der Waals surface area contributed by atoms with E-state index in [1.165, 1.54) is 90.4 Å². The molecule has 0 aliphatic carbocycles. The molecule has 3 heterocycles. The zero-order chi connectivity index (χ0) is 30.9. The lowest BCUT2D eigenvalue weighted by molar-refractivity contribution is 1.19. The van der Waals surface area contributed by atoms with E-state index in [2.05, 4.69) is 168 Å². The van der Waals surface area contributed by atoms with E-state index in [9.17, 15) is 0 Å². The molecule has 0 aliphatic rings. The molecule has 10 rings (SSSR count). The second kappa shape index (κ2) is 10.5. The minimum absolute atomic E-state index is 1.19. The van der Waals surface area contributed by atoms with E-state index in [4.69, 9.17) is 0 Å². The van der Waals surface area contributed by atoms with E-state index in [-0.39, 0.29) is 0 Å². The summed E-state index contributed by atoms with van der Waals surface area (Å²) in [5.74, 6) is 0. The predicted molar refractivity (Wildman–Crippen MR) is 205 cm³/mol. The second-order valence-electron chi connectivity index (χ2n) is 12.0. The average molecular weight is 634 g/mol. The van der Waals surface area contributed by atoms with Gasteiger partial charge in [0.15, 0.2) is 0 Å². The molecule has 0 aliphatic heterocycles. The largest absolute Gasteiger partial charge is 0.308 e. The third-order valence-electron chi connectivity index (χ3n) is 9.43. The van der Waals surface area contributed by atoms with Crippen LogP contribution in [0.3, 0.4) is 0 Å². The zero-order valence-corrected chi connectivity index (χ0v) is 27.0. The van der Waals surface area contributed by atoms with Gasteiger partial charge in [0.1, 0.15) is 0 Å². The highest BCUT2D eigenvalue weighted by atomic mass is 32.1. The van der Waals surface area contributed by atoms with E-state index >= 15 is 0 Å². The van der Waals surface area contributed by atoms with Gasteiger partial charge in [-0.3, -0.25) is 0 Å². The second-order valence-corrected chi connectivity index (χ2v) is 14.1. The molecule has 220 valence electrons. The smallest absolute Gasteiger partial charge is 0.0727 e. The first-order chi connectivity index (χ1) is 23.3. The van der Waals surface area contributed by atoms with Gasteiger partial charge in [-0.2, -0.15) is 0 Å². The van der Waals surface area contributed by atoms with Crippen LogP contribution in [-0.4, -0.2) is 4.57 Å². The summed E-state index contributed by atoms with van der Waals surface area (Å²) in [5.41, 5.74) is 11.4. The molecule has 0 N–H and O–H groups in total. The van der Waals surface area contributed by atoms with E-state index in [0.29, 0.717) is 0 Å². The molecule has 7 aromatic carbocycles. The van der Waals surface area contributed by atoms with Gasteiger partial charge in [0.05, 0.1) is 15.7 Å². The molecule has 0 fully saturated rings. The Balaban J connectivity index is 1.24. The number of benzene rings is 7. The van der Waals surface area contributed by atoms with Crippen molar-refractivity contribution in [1.82, 2.24) is 4.57 Å². The molecule has 0 unspecified atom stereocenters. The lowest BCUT2D eigenvalue weighted by atomic mass is 9.91. The van der Waals surface area contributed by atoms with Crippen molar-refractivity contribution in [2.45, 2.75) is 0 Å². The van der Waals surface area contributed by atoms with Crippen LogP contribution in [0.4, 0.5) is 0 Å². The molecule has 3 heteroatoms. The van der Waals surface area contributed by atoms with Crippen molar-refractivity contribution in [3.8, 4) is 39.1 Å². The van der Waals surface area contributed by atoms with Gasteiger partial charge >= 0.3 is 0 Å². The van der Waals surface area contributed by atoms with Crippen molar-refractivity contribution in [1.29, 1.82) is 0 Å². The average Bonchev–Trinajstić information content (AvgIpc) is 3.81. The molecule has 10 aromatic rings. The third-order valence-corrected chi connectivity index (χ3v) is 11.9. The fourth-order valence-corrected chi connectivity index (χ4v) is 10.0. The molecule has 1 nitrogen and oxygen atoms in total. The van der Waals surface area contributed by atoms with Crippen molar-refractivity contribution in [2.75, 3.05) is 0 Å². The van der Waals surface area contributed by atoms with E-state index in [1.807, 2.05) is 22.7 Å². The first-order valence-corrected chi connectivity index (χ1v) is 17.6. The Morgan fingerprint density at radius 2 is 0.936 bits per heavy atom. The standard InChI is InChI=1S/C44H27NS2/c1-3-14-28(15-4-1)30-21-11-24-36-40-33(22-13-27-39(40)46-42(30)36)31-18-7-8-19-32(31)34-23-12-25-37-41-44(47-43(34)37)35-20-9-10-26-38(35)45(41)29-16-5-2-6-17-29/h1-27H. The van der Waals surface area contributed by atoms with Gasteiger partial charge < -0.3 is 4.57 Å². The fraction of sp³-hybridized carbons (Fsp3) is 0. The summed E-state index contributed by atoms with van der Waals surface area (Å²) < 4.78 is 7.77. The number of nitrogens with zero attached hydrogens (tertiary/aromatic N) is 1. The Labute approximate surface area is 280 Å². The summed E-state index contributed by atoms with van der Waals surface area (Å²) in [7, 11) is 0. The van der Waals surface area contributed by atoms with Crippen LogP contribution in [0, 0.1) is 0 Å². The summed E-state index contributed by atoms with van der Waals surface area (Å²) >= 11 is 3.82. The molecule has 0 spiro atoms. The number of aromatic nitrogens is 1. The van der Waals surface area contributed by atoms with Gasteiger partial charge in [-0.05, 0) is 52.1 Å². The zero-order valence-electron chi connectivity index (χ0n) is 25.4. The van der Waals surface area contributed by atoms with Crippen LogP contribution >= 0.6 is 22.7 Å². The SMILES string of the molecule is c1ccc(-c2cccc3c2sc2cccc(-c4ccccc4-c4cccc5c4sc4c6ccccc6n(-c6ccccc6)c54)c23)cc1. The maximum atomic E-state index is 2.45. The minimum Gasteiger partial charge on any atom is -0.308 e. The lowest BCUT2D eigenvalue weighted by Gasteiger charge is -2.13. The molecule has 0 bridgehead atoms. The molecule has 0 atom stereocenters. The molecule has 47 heavy (non-hydrogen) atoms. The monoisotopic (exact) mass is 633 g/mol. The molecule has 0 amide bonds. The quantitative estimate of drug-likeness (QED) is 0.182. The molecular weight excluding hydrogens is 607 g/mol. The van der Waals surface area contributed by atoms with Crippen molar-refractivity contribution in [2.24, 2.45) is 0 Å². The number of fused-ring (bicyclic) bond motifs is 8. The Hall–Kier alpha value is -5.48. The highest BCUT2D eigenvalue weighted by molar-refractivity contribution is 7.27. The number of hydrogen-bond donors (Lipinski definition) is 0. The van der Waals surface area contributed by atoms with Crippen LogP contribution in [0.15, 0.2) is 164 Å². The normalized spacial score (nSPS) is 11.8. The Kier molecular flexibility index (Phi) is 5.98. The van der Waals surface area contributed by atoms with Gasteiger partial charge in [0.25, 0.3) is 0 Å². The number of thiophene rings is 2. The molecule has 0 saturated heterocycles. The maximum absolute atomic E-state index is 2.45. The van der Waals surface area contributed by atoms with Crippen molar-refractivity contribution in [3.63, 3.8) is 0 Å². The highest BCUT2D eigenvalue weighted by Gasteiger charge is 2.21. The highest BCUT2D eigenvalue weighted by Crippen LogP contribution is 2.49. The summed E-state index contributed by atoms with van der Waals surface area (Å²) in [6.07, 6.45) is 0. The molecule has 3 aromatic heterocycles. The van der Waals surface area contributed by atoms with Crippen molar-refractivity contribution in [3.05, 3.63) is 164 Å². The van der Waals surface area contributed by atoms with Crippen LogP contribution in [0.2, 0.25) is 0 Å². The predicted octanol–water partition coefficient (Wildman–Crippen LogP) is 13.4. The van der Waals surface area contributed by atoms with E-state index < -0.39 is 0 Å². The Bertz CT molecular complexity index is 2780. The summed E-state index contributed by atoms with van der Waals surface area (Å²) in [4.78, 5) is 0. The molecule has 0 radical (unpaired) electrons. The van der Waals surface area contributed by atoms with Gasteiger partial charge in [-0.15, -0.1) is 22.7 Å². The van der Waals surface area contributed by atoms with Crippen molar-refractivity contribution >= 4 is 74.1 Å². The van der Waals surface area contributed by atoms with Crippen molar-refractivity contribution < 1.29 is 0 Å². The Morgan fingerprint density at radius 3 is 1.77 bits per heavy atom. The summed E-state index contributed by atoms with van der Waals surface area (Å²) in [6, 6.07) is 59.8. The summed E-state index contributed by atoms with van der Waals surface area (Å²) in [5, 5.41) is 5.25. The van der Waals surface area contributed by atoms with E-state index in [0.717, 1.165) is 0 Å². The number of rotatable bonds is 4. The summed E-state index contributed by atoms with van der Waals surface area (Å²) in [6.45, 7) is 0. The van der Waals surface area contributed by atoms with Gasteiger partial charge in [-0.25, -0.2) is 0 Å². The number of para-hydroxylation sites is 2. The van der Waals surface area contributed by atoms with Crippen LogP contribution in [0.5, 0.6) is 0 Å². The number of hydrogen-bond acceptors (Lipinski definition) is 2. The maximum Gasteiger partial charge on any atom is 0.0727 e. The third kappa shape index (κ3) is 4.01.